The van der Waals surface area contributed by atoms with Gasteiger partial charge in [-0.3, -0.25) is 4.79 Å². The van der Waals surface area contributed by atoms with Crippen molar-refractivity contribution < 1.29 is 23.1 Å². The van der Waals surface area contributed by atoms with Gasteiger partial charge in [-0.05, 0) is 32.0 Å². The molecular formula is C15H13N5O5S. The molecule has 0 spiro atoms. The summed E-state index contributed by atoms with van der Waals surface area (Å²) in [4.78, 5) is 27.3. The third kappa shape index (κ3) is 2.99. The van der Waals surface area contributed by atoms with Gasteiger partial charge in [0.1, 0.15) is 4.90 Å². The second kappa shape index (κ2) is 6.19. The zero-order chi connectivity index (χ0) is 19.1. The highest BCUT2D eigenvalue weighted by molar-refractivity contribution is 7.90. The van der Waals surface area contributed by atoms with Crippen LogP contribution in [0.1, 0.15) is 32.2 Å². The highest BCUT2D eigenvalue weighted by Gasteiger charge is 2.27. The van der Waals surface area contributed by atoms with Gasteiger partial charge in [0.05, 0.1) is 5.56 Å². The summed E-state index contributed by atoms with van der Waals surface area (Å²) in [6.45, 7) is 3.44. The summed E-state index contributed by atoms with van der Waals surface area (Å²) in [5.41, 5.74) is 0.629. The van der Waals surface area contributed by atoms with E-state index in [1.165, 1.54) is 16.6 Å². The van der Waals surface area contributed by atoms with Gasteiger partial charge in [-0.15, -0.1) is 5.10 Å². The molecule has 0 fully saturated rings. The molecule has 0 atom stereocenters. The number of nitrogens with zero attached hydrogens (tertiary/aromatic N) is 4. The number of amides is 1. The van der Waals surface area contributed by atoms with E-state index in [4.69, 9.17) is 5.11 Å². The molecule has 2 N–H and O–H groups in total. The number of aromatic nitrogens is 4. The maximum atomic E-state index is 12.5. The van der Waals surface area contributed by atoms with Crippen molar-refractivity contribution in [2.45, 2.75) is 18.7 Å². The van der Waals surface area contributed by atoms with E-state index in [0.29, 0.717) is 11.4 Å². The molecule has 0 aliphatic carbocycles. The van der Waals surface area contributed by atoms with E-state index in [1.807, 2.05) is 4.72 Å². The first-order valence-corrected chi connectivity index (χ1v) is 8.78. The van der Waals surface area contributed by atoms with Gasteiger partial charge < -0.3 is 5.11 Å². The number of aromatic carboxylic acids is 1. The van der Waals surface area contributed by atoms with Gasteiger partial charge >= 0.3 is 5.97 Å². The molecule has 2 heterocycles. The van der Waals surface area contributed by atoms with Crippen molar-refractivity contribution in [1.29, 1.82) is 0 Å². The summed E-state index contributed by atoms with van der Waals surface area (Å²) in [5.74, 6) is -2.49. The van der Waals surface area contributed by atoms with Crippen molar-refractivity contribution in [3.63, 3.8) is 0 Å². The predicted octanol–water partition coefficient (Wildman–Crippen LogP) is 0.558. The standard InChI is InChI=1S/C15H13N5O5S/c1-8-7-9(2)20-13(16-8)12(17-19-20)14(21)18-26(24,25)11-6-4-3-5-10(11)15(22)23/h3-7H,1-2H3,(H,18,21)(H,22,23). The van der Waals surface area contributed by atoms with Crippen LogP contribution in [0.3, 0.4) is 0 Å². The second-order valence-corrected chi connectivity index (χ2v) is 7.10. The van der Waals surface area contributed by atoms with Crippen molar-refractivity contribution in [3.05, 3.63) is 53.0 Å². The maximum Gasteiger partial charge on any atom is 0.337 e. The SMILES string of the molecule is Cc1cc(C)n2nnc(C(=O)NS(=O)(=O)c3ccccc3C(=O)O)c2n1. The first-order valence-electron chi connectivity index (χ1n) is 7.30. The molecule has 26 heavy (non-hydrogen) atoms. The molecule has 11 heteroatoms. The highest BCUT2D eigenvalue weighted by Crippen LogP contribution is 2.16. The van der Waals surface area contributed by atoms with Crippen LogP contribution >= 0.6 is 0 Å². The molecular weight excluding hydrogens is 362 g/mol. The third-order valence-corrected chi connectivity index (χ3v) is 4.92. The number of hydrogen-bond acceptors (Lipinski definition) is 7. The number of rotatable bonds is 4. The Morgan fingerprint density at radius 1 is 1.19 bits per heavy atom. The number of carboxylic acid groups (broad SMARTS) is 1. The fourth-order valence-electron chi connectivity index (χ4n) is 2.43. The molecule has 3 aromatic rings. The molecule has 0 bridgehead atoms. The van der Waals surface area contributed by atoms with E-state index in [1.54, 1.807) is 19.9 Å². The number of aryl methyl sites for hydroxylation is 2. The van der Waals surface area contributed by atoms with Crippen molar-refractivity contribution in [3.8, 4) is 0 Å². The van der Waals surface area contributed by atoms with Crippen LogP contribution in [0.15, 0.2) is 35.2 Å². The first kappa shape index (κ1) is 17.5. The number of nitrogens with one attached hydrogen (secondary N) is 1. The molecule has 0 saturated carbocycles. The fourth-order valence-corrected chi connectivity index (χ4v) is 3.58. The number of carbonyl (C=O) groups excluding carboxylic acids is 1. The lowest BCUT2D eigenvalue weighted by Crippen LogP contribution is -2.32. The largest absolute Gasteiger partial charge is 0.478 e. The Labute approximate surface area is 147 Å². The topological polar surface area (TPSA) is 144 Å². The quantitative estimate of drug-likeness (QED) is 0.673. The minimum absolute atomic E-state index is 0.0988. The van der Waals surface area contributed by atoms with E-state index in [-0.39, 0.29) is 11.3 Å². The molecule has 2 aromatic heterocycles. The second-order valence-electron chi connectivity index (χ2n) is 5.45. The predicted molar refractivity (Wildman–Crippen MR) is 88.3 cm³/mol. The molecule has 134 valence electrons. The van der Waals surface area contributed by atoms with Crippen molar-refractivity contribution in [1.82, 2.24) is 24.5 Å². The Hall–Kier alpha value is -3.34. The van der Waals surface area contributed by atoms with Gasteiger partial charge in [-0.2, -0.15) is 4.52 Å². The van der Waals surface area contributed by atoms with Crippen LogP contribution in [0.4, 0.5) is 0 Å². The van der Waals surface area contributed by atoms with Crippen LogP contribution in [0.25, 0.3) is 5.65 Å². The highest BCUT2D eigenvalue weighted by atomic mass is 32.2. The van der Waals surface area contributed by atoms with Crippen LogP contribution in [0, 0.1) is 13.8 Å². The minimum Gasteiger partial charge on any atom is -0.478 e. The van der Waals surface area contributed by atoms with Gasteiger partial charge in [-0.25, -0.2) is 22.9 Å². The number of benzene rings is 1. The lowest BCUT2D eigenvalue weighted by molar-refractivity contribution is 0.0692. The summed E-state index contributed by atoms with van der Waals surface area (Å²) in [7, 11) is -4.44. The molecule has 1 amide bonds. The summed E-state index contributed by atoms with van der Waals surface area (Å²) in [5, 5.41) is 16.6. The lowest BCUT2D eigenvalue weighted by Gasteiger charge is -2.08. The van der Waals surface area contributed by atoms with Crippen LogP contribution in [0.5, 0.6) is 0 Å². The van der Waals surface area contributed by atoms with Crippen molar-refractivity contribution in [2.75, 3.05) is 0 Å². The summed E-state index contributed by atoms with van der Waals surface area (Å²) >= 11 is 0. The molecule has 0 aliphatic rings. The monoisotopic (exact) mass is 375 g/mol. The zero-order valence-electron chi connectivity index (χ0n) is 13.7. The van der Waals surface area contributed by atoms with Crippen LogP contribution < -0.4 is 4.72 Å². The van der Waals surface area contributed by atoms with Gasteiger partial charge in [-0.1, -0.05) is 17.3 Å². The van der Waals surface area contributed by atoms with E-state index in [9.17, 15) is 18.0 Å². The summed E-state index contributed by atoms with van der Waals surface area (Å²) < 4.78 is 28.0. The molecule has 0 radical (unpaired) electrons. The molecule has 3 rings (SSSR count). The summed E-state index contributed by atoms with van der Waals surface area (Å²) in [6, 6.07) is 6.68. The summed E-state index contributed by atoms with van der Waals surface area (Å²) in [6.07, 6.45) is 0. The zero-order valence-corrected chi connectivity index (χ0v) is 14.5. The average molecular weight is 375 g/mol. The molecule has 1 aromatic carbocycles. The maximum absolute atomic E-state index is 12.5. The first-order chi connectivity index (χ1) is 12.2. The number of hydrogen-bond donors (Lipinski definition) is 2. The fraction of sp³-hybridized carbons (Fsp3) is 0.133. The molecule has 0 aliphatic heterocycles. The Bertz CT molecular complexity index is 1150. The van der Waals surface area contributed by atoms with Crippen LogP contribution in [0.2, 0.25) is 0 Å². The van der Waals surface area contributed by atoms with Crippen molar-refractivity contribution in [2.24, 2.45) is 0 Å². The molecule has 0 unspecified atom stereocenters. The number of carbonyl (C=O) groups is 2. The Morgan fingerprint density at radius 3 is 2.58 bits per heavy atom. The lowest BCUT2D eigenvalue weighted by atomic mass is 10.2. The van der Waals surface area contributed by atoms with E-state index < -0.39 is 32.4 Å². The van der Waals surface area contributed by atoms with Gasteiger partial charge in [0, 0.05) is 11.4 Å². The van der Waals surface area contributed by atoms with Crippen LogP contribution in [-0.4, -0.2) is 45.2 Å². The molecule has 10 nitrogen and oxygen atoms in total. The van der Waals surface area contributed by atoms with E-state index in [2.05, 4.69) is 15.3 Å². The van der Waals surface area contributed by atoms with Gasteiger partial charge in [0.25, 0.3) is 15.9 Å². The van der Waals surface area contributed by atoms with Crippen LogP contribution in [-0.2, 0) is 10.0 Å². The Morgan fingerprint density at radius 2 is 1.88 bits per heavy atom. The number of carboxylic acids is 1. The number of fused-ring (bicyclic) bond motifs is 1. The smallest absolute Gasteiger partial charge is 0.337 e. The Balaban J connectivity index is 2.02. The average Bonchev–Trinajstić information content (AvgIpc) is 2.98. The Kier molecular flexibility index (Phi) is 4.16. The third-order valence-electron chi connectivity index (χ3n) is 3.53. The van der Waals surface area contributed by atoms with E-state index in [0.717, 1.165) is 12.1 Å². The van der Waals surface area contributed by atoms with E-state index >= 15 is 0 Å². The van der Waals surface area contributed by atoms with Gasteiger partial charge in [0.2, 0.25) is 0 Å². The van der Waals surface area contributed by atoms with Crippen molar-refractivity contribution >= 4 is 27.5 Å². The normalized spacial score (nSPS) is 11.5. The minimum atomic E-state index is -4.44. The molecule has 0 saturated heterocycles. The number of sulfonamides is 1. The van der Waals surface area contributed by atoms with Gasteiger partial charge in [0.15, 0.2) is 11.3 Å².